The Bertz CT molecular complexity index is 645. The van der Waals surface area contributed by atoms with Gasteiger partial charge >= 0.3 is 0 Å². The summed E-state index contributed by atoms with van der Waals surface area (Å²) in [5.74, 6) is 1.17. The molecular weight excluding hydrogens is 264 g/mol. The molecule has 1 saturated heterocycles. The molecule has 3 rings (SSSR count). The van der Waals surface area contributed by atoms with E-state index in [0.29, 0.717) is 6.54 Å². The van der Waals surface area contributed by atoms with Crippen molar-refractivity contribution in [1.29, 1.82) is 0 Å². The third kappa shape index (κ3) is 2.78. The molecule has 0 radical (unpaired) electrons. The molecule has 1 amide bonds. The van der Waals surface area contributed by atoms with Gasteiger partial charge in [-0.3, -0.25) is 4.79 Å². The molecule has 1 aliphatic heterocycles. The second-order valence-corrected chi connectivity index (χ2v) is 5.62. The van der Waals surface area contributed by atoms with E-state index in [2.05, 4.69) is 28.3 Å². The topological polar surface area (TPSA) is 61.0 Å². The van der Waals surface area contributed by atoms with Crippen molar-refractivity contribution in [2.24, 2.45) is 0 Å². The molecule has 0 saturated carbocycles. The fraction of sp³-hybridized carbons (Fsp3) is 0.500. The zero-order valence-electron chi connectivity index (χ0n) is 12.6. The minimum Gasteiger partial charge on any atom is -0.342 e. The first-order valence-corrected chi connectivity index (χ1v) is 7.65. The van der Waals surface area contributed by atoms with Gasteiger partial charge < -0.3 is 15.2 Å². The third-order valence-corrected chi connectivity index (χ3v) is 4.20. The van der Waals surface area contributed by atoms with Crippen molar-refractivity contribution in [1.82, 2.24) is 20.2 Å². The van der Waals surface area contributed by atoms with E-state index in [-0.39, 0.29) is 11.9 Å². The largest absolute Gasteiger partial charge is 0.342 e. The van der Waals surface area contributed by atoms with Crippen molar-refractivity contribution in [3.63, 3.8) is 0 Å². The lowest BCUT2D eigenvalue weighted by Crippen LogP contribution is -2.54. The third-order valence-electron chi connectivity index (χ3n) is 4.20. The first-order chi connectivity index (χ1) is 10.2. The van der Waals surface area contributed by atoms with Crippen LogP contribution >= 0.6 is 0 Å². The van der Waals surface area contributed by atoms with E-state index in [1.54, 1.807) is 0 Å². The number of carbonyl (C=O) groups is 1. The number of fused-ring (bicyclic) bond motifs is 1. The van der Waals surface area contributed by atoms with Crippen LogP contribution < -0.4 is 5.32 Å². The number of likely N-dealkylation sites (N-methyl/N-ethyl adjacent to an activating group) is 1. The van der Waals surface area contributed by atoms with Crippen LogP contribution in [0.5, 0.6) is 0 Å². The van der Waals surface area contributed by atoms with E-state index in [1.807, 2.05) is 24.0 Å². The number of hydrogen-bond acceptors (Lipinski definition) is 3. The zero-order valence-corrected chi connectivity index (χ0v) is 12.6. The van der Waals surface area contributed by atoms with Crippen molar-refractivity contribution in [2.45, 2.75) is 32.7 Å². The van der Waals surface area contributed by atoms with Crippen LogP contribution in [0.3, 0.4) is 0 Å². The van der Waals surface area contributed by atoms with Crippen LogP contribution in [0, 0.1) is 6.92 Å². The molecule has 1 fully saturated rings. The Balaban J connectivity index is 1.67. The van der Waals surface area contributed by atoms with Gasteiger partial charge in [0.15, 0.2) is 0 Å². The summed E-state index contributed by atoms with van der Waals surface area (Å²) < 4.78 is 0. The van der Waals surface area contributed by atoms with Crippen molar-refractivity contribution in [3.05, 3.63) is 29.6 Å². The van der Waals surface area contributed by atoms with Crippen molar-refractivity contribution < 1.29 is 4.79 Å². The Morgan fingerprint density at radius 3 is 2.90 bits per heavy atom. The monoisotopic (exact) mass is 286 g/mol. The lowest BCUT2D eigenvalue weighted by Gasteiger charge is -2.32. The van der Waals surface area contributed by atoms with Crippen LogP contribution in [0.25, 0.3) is 11.0 Å². The number of nitrogens with zero attached hydrogens (tertiary/aromatic N) is 2. The average Bonchev–Trinajstić information content (AvgIpc) is 2.82. The minimum absolute atomic E-state index is 0.0304. The molecule has 5 nitrogen and oxygen atoms in total. The second-order valence-electron chi connectivity index (χ2n) is 5.62. The highest BCUT2D eigenvalue weighted by atomic mass is 16.2. The summed E-state index contributed by atoms with van der Waals surface area (Å²) in [5.41, 5.74) is 3.28. The molecule has 2 N–H and O–H groups in total. The Labute approximate surface area is 124 Å². The molecule has 2 aromatic rings. The molecule has 1 aromatic carbocycles. The number of aryl methyl sites for hydroxylation is 1. The first kappa shape index (κ1) is 14.1. The summed E-state index contributed by atoms with van der Waals surface area (Å²) >= 11 is 0. The number of para-hydroxylation sites is 1. The van der Waals surface area contributed by atoms with E-state index in [0.717, 1.165) is 42.8 Å². The number of benzene rings is 1. The van der Waals surface area contributed by atoms with Crippen LogP contribution in [0.2, 0.25) is 0 Å². The quantitative estimate of drug-likeness (QED) is 0.878. The Hall–Kier alpha value is -1.88. The summed E-state index contributed by atoms with van der Waals surface area (Å²) in [6, 6.07) is 6.17. The smallest absolute Gasteiger partial charge is 0.239 e. The number of carbonyl (C=O) groups excluding carboxylic acids is 1. The first-order valence-electron chi connectivity index (χ1n) is 7.65. The summed E-state index contributed by atoms with van der Waals surface area (Å²) in [6.45, 7) is 6.51. The number of imidazole rings is 1. The minimum atomic E-state index is 0.0304. The van der Waals surface area contributed by atoms with Gasteiger partial charge in [-0.2, -0.15) is 0 Å². The van der Waals surface area contributed by atoms with Gasteiger partial charge in [0.25, 0.3) is 0 Å². The van der Waals surface area contributed by atoms with E-state index < -0.39 is 0 Å². The van der Waals surface area contributed by atoms with Crippen LogP contribution in [-0.2, 0) is 11.2 Å². The Kier molecular flexibility index (Phi) is 3.92. The number of H-pyrrole nitrogens is 1. The molecular formula is C16H22N4O. The molecule has 112 valence electrons. The van der Waals surface area contributed by atoms with Crippen LogP contribution in [0.1, 0.15) is 24.7 Å². The standard InChI is InChI=1S/C16H22N4O/c1-3-20(16(21)13-7-9-17-13)10-8-14-18-12-6-4-5-11(2)15(12)19-14/h4-6,13,17H,3,7-10H2,1-2H3,(H,18,19). The van der Waals surface area contributed by atoms with E-state index in [1.165, 1.54) is 5.56 Å². The molecule has 0 aliphatic carbocycles. The van der Waals surface area contributed by atoms with Gasteiger partial charge in [0.1, 0.15) is 5.82 Å². The SMILES string of the molecule is CCN(CCc1nc2c(C)cccc2[nH]1)C(=O)C1CCN1. The highest BCUT2D eigenvalue weighted by molar-refractivity contribution is 5.82. The van der Waals surface area contributed by atoms with E-state index in [9.17, 15) is 4.79 Å². The molecule has 1 aromatic heterocycles. The number of aromatic nitrogens is 2. The second kappa shape index (κ2) is 5.85. The van der Waals surface area contributed by atoms with Gasteiger partial charge in [0.05, 0.1) is 17.1 Å². The average molecular weight is 286 g/mol. The molecule has 1 atom stereocenters. The number of hydrogen-bond donors (Lipinski definition) is 2. The lowest BCUT2D eigenvalue weighted by atomic mass is 10.1. The predicted octanol–water partition coefficient (Wildman–Crippen LogP) is 1.62. The summed E-state index contributed by atoms with van der Waals surface area (Å²) in [7, 11) is 0. The van der Waals surface area contributed by atoms with Gasteiger partial charge in [-0.15, -0.1) is 0 Å². The van der Waals surface area contributed by atoms with Gasteiger partial charge in [-0.1, -0.05) is 12.1 Å². The molecule has 1 unspecified atom stereocenters. The Morgan fingerprint density at radius 1 is 1.48 bits per heavy atom. The number of nitrogens with one attached hydrogen (secondary N) is 2. The lowest BCUT2D eigenvalue weighted by molar-refractivity contribution is -0.135. The van der Waals surface area contributed by atoms with Crippen molar-refractivity contribution in [3.8, 4) is 0 Å². The maximum Gasteiger partial charge on any atom is 0.239 e. The van der Waals surface area contributed by atoms with Crippen LogP contribution in [0.15, 0.2) is 18.2 Å². The predicted molar refractivity (Wildman–Crippen MR) is 83.2 cm³/mol. The molecule has 21 heavy (non-hydrogen) atoms. The molecule has 2 heterocycles. The Morgan fingerprint density at radius 2 is 2.29 bits per heavy atom. The van der Waals surface area contributed by atoms with Crippen molar-refractivity contribution >= 4 is 16.9 Å². The molecule has 5 heteroatoms. The van der Waals surface area contributed by atoms with Gasteiger partial charge in [-0.05, 0) is 38.4 Å². The number of rotatable bonds is 5. The summed E-state index contributed by atoms with van der Waals surface area (Å²) in [5, 5.41) is 3.17. The van der Waals surface area contributed by atoms with E-state index >= 15 is 0 Å². The number of aromatic amines is 1. The van der Waals surface area contributed by atoms with Crippen LogP contribution in [-0.4, -0.2) is 46.5 Å². The molecule has 1 aliphatic rings. The van der Waals surface area contributed by atoms with Gasteiger partial charge in [0.2, 0.25) is 5.91 Å². The fourth-order valence-electron chi connectivity index (χ4n) is 2.73. The normalized spacial score (nSPS) is 17.7. The number of amides is 1. The maximum absolute atomic E-state index is 12.2. The summed E-state index contributed by atoms with van der Waals surface area (Å²) in [6.07, 6.45) is 1.72. The zero-order chi connectivity index (χ0) is 14.8. The molecule has 0 bridgehead atoms. The highest BCUT2D eigenvalue weighted by Gasteiger charge is 2.28. The van der Waals surface area contributed by atoms with Gasteiger partial charge in [0, 0.05) is 19.5 Å². The maximum atomic E-state index is 12.2. The van der Waals surface area contributed by atoms with Crippen LogP contribution in [0.4, 0.5) is 0 Å². The summed E-state index contributed by atoms with van der Waals surface area (Å²) in [4.78, 5) is 22.1. The van der Waals surface area contributed by atoms with Gasteiger partial charge in [-0.25, -0.2) is 4.98 Å². The fourth-order valence-corrected chi connectivity index (χ4v) is 2.73. The van der Waals surface area contributed by atoms with Crippen molar-refractivity contribution in [2.75, 3.05) is 19.6 Å². The molecule has 0 spiro atoms. The highest BCUT2D eigenvalue weighted by Crippen LogP contribution is 2.16. The van der Waals surface area contributed by atoms with E-state index in [4.69, 9.17) is 0 Å².